The zero-order valence-corrected chi connectivity index (χ0v) is 10.5. The van der Waals surface area contributed by atoms with Crippen LogP contribution in [0.5, 0.6) is 0 Å². The second-order valence-electron chi connectivity index (χ2n) is 3.34. The molecule has 2 aromatic rings. The van der Waals surface area contributed by atoms with E-state index >= 15 is 0 Å². The molecule has 0 radical (unpaired) electrons. The second-order valence-corrected chi connectivity index (χ2v) is 4.22. The Hall–Kier alpha value is -1.58. The molecule has 0 unspecified atom stereocenters. The number of benzene rings is 1. The smallest absolute Gasteiger partial charge is 0.126 e. The van der Waals surface area contributed by atoms with Crippen LogP contribution in [0.3, 0.4) is 0 Å². The molecular weight excluding hydrogens is 254 g/mol. The molecule has 1 heterocycles. The van der Waals surface area contributed by atoms with Crippen LogP contribution in [0.25, 0.3) is 6.08 Å². The molecule has 86 valence electrons. The van der Waals surface area contributed by atoms with Gasteiger partial charge in [-0.05, 0) is 48.6 Å². The Kier molecular flexibility index (Phi) is 3.96. The molecule has 0 saturated carbocycles. The third-order valence-electron chi connectivity index (χ3n) is 2.05. The number of rotatable bonds is 3. The second kappa shape index (κ2) is 5.66. The third-order valence-corrected chi connectivity index (χ3v) is 2.54. The topological polar surface area (TPSA) is 25.2 Å². The van der Waals surface area contributed by atoms with Gasteiger partial charge < -0.3 is 9.73 Å². The minimum atomic E-state index is 0.615. The first-order valence-electron chi connectivity index (χ1n) is 5.02. The minimum Gasteiger partial charge on any atom is -0.465 e. The van der Waals surface area contributed by atoms with Gasteiger partial charge in [0.2, 0.25) is 0 Å². The van der Waals surface area contributed by atoms with Gasteiger partial charge in [0, 0.05) is 10.7 Å². The van der Waals surface area contributed by atoms with E-state index in [2.05, 4.69) is 5.32 Å². The Morgan fingerprint density at radius 1 is 1.24 bits per heavy atom. The van der Waals surface area contributed by atoms with Crippen molar-refractivity contribution in [2.75, 3.05) is 5.32 Å². The lowest BCUT2D eigenvalue weighted by Crippen LogP contribution is -2.04. The van der Waals surface area contributed by atoms with Crippen LogP contribution in [0.1, 0.15) is 5.76 Å². The van der Waals surface area contributed by atoms with Crippen LogP contribution in [0, 0.1) is 0 Å². The first kappa shape index (κ1) is 11.9. The number of nitrogens with one attached hydrogen (secondary N) is 1. The lowest BCUT2D eigenvalue weighted by molar-refractivity contribution is 0.557. The highest BCUT2D eigenvalue weighted by Gasteiger charge is 1.95. The molecule has 0 fully saturated rings. The number of furan rings is 1. The van der Waals surface area contributed by atoms with Crippen molar-refractivity contribution in [3.05, 3.63) is 59.5 Å². The van der Waals surface area contributed by atoms with Gasteiger partial charge in [-0.3, -0.25) is 0 Å². The fourth-order valence-electron chi connectivity index (χ4n) is 1.26. The van der Waals surface area contributed by atoms with E-state index in [9.17, 15) is 0 Å². The van der Waals surface area contributed by atoms with Crippen molar-refractivity contribution in [3.8, 4) is 0 Å². The molecule has 0 amide bonds. The summed E-state index contributed by atoms with van der Waals surface area (Å²) in [6.07, 6.45) is 5.21. The summed E-state index contributed by atoms with van der Waals surface area (Å²) >= 11 is 11.0. The fourth-order valence-corrected chi connectivity index (χ4v) is 1.57. The van der Waals surface area contributed by atoms with Gasteiger partial charge in [0.15, 0.2) is 0 Å². The largest absolute Gasteiger partial charge is 0.465 e. The predicted molar refractivity (Wildman–Crippen MR) is 75.4 cm³/mol. The average molecular weight is 264 g/mol. The summed E-state index contributed by atoms with van der Waals surface area (Å²) in [5.74, 6) is 0.769. The molecule has 17 heavy (non-hydrogen) atoms. The zero-order chi connectivity index (χ0) is 12.1. The number of thiocarbonyl (C=S) groups is 1. The molecule has 2 nitrogen and oxygen atoms in total. The molecule has 0 aliphatic carbocycles. The van der Waals surface area contributed by atoms with Crippen molar-refractivity contribution in [1.29, 1.82) is 0 Å². The number of hydrogen-bond donors (Lipinski definition) is 1. The van der Waals surface area contributed by atoms with E-state index in [0.717, 1.165) is 11.4 Å². The van der Waals surface area contributed by atoms with Crippen LogP contribution >= 0.6 is 23.8 Å². The Labute approximate surface area is 110 Å². The molecule has 0 saturated heterocycles. The van der Waals surface area contributed by atoms with Gasteiger partial charge in [-0.15, -0.1) is 0 Å². The standard InChI is InChI=1S/C13H10ClNOS/c14-10-3-5-11(6-4-10)15-13(17)8-7-12-2-1-9-16-12/h1-9H,(H,15,17)/b8-7+. The zero-order valence-electron chi connectivity index (χ0n) is 8.89. The van der Waals surface area contributed by atoms with Crippen LogP contribution < -0.4 is 5.32 Å². The van der Waals surface area contributed by atoms with Gasteiger partial charge in [-0.2, -0.15) is 0 Å². The highest BCUT2D eigenvalue weighted by Crippen LogP contribution is 2.13. The summed E-state index contributed by atoms with van der Waals surface area (Å²) in [6.45, 7) is 0. The molecule has 0 aliphatic rings. The fraction of sp³-hybridized carbons (Fsp3) is 0. The molecule has 1 aromatic carbocycles. The molecule has 0 aliphatic heterocycles. The van der Waals surface area contributed by atoms with Gasteiger partial charge in [0.25, 0.3) is 0 Å². The van der Waals surface area contributed by atoms with Gasteiger partial charge in [0.05, 0.1) is 6.26 Å². The summed E-state index contributed by atoms with van der Waals surface area (Å²) in [6, 6.07) is 11.0. The number of anilines is 1. The van der Waals surface area contributed by atoms with Gasteiger partial charge >= 0.3 is 0 Å². The van der Waals surface area contributed by atoms with Gasteiger partial charge in [-0.25, -0.2) is 0 Å². The number of hydrogen-bond acceptors (Lipinski definition) is 2. The van der Waals surface area contributed by atoms with Crippen molar-refractivity contribution >= 4 is 40.6 Å². The van der Waals surface area contributed by atoms with E-state index in [1.807, 2.05) is 42.5 Å². The molecular formula is C13H10ClNOS. The number of halogens is 1. The summed E-state index contributed by atoms with van der Waals surface area (Å²) in [5, 5.41) is 3.78. The van der Waals surface area contributed by atoms with E-state index in [-0.39, 0.29) is 0 Å². The van der Waals surface area contributed by atoms with Crippen molar-refractivity contribution in [1.82, 2.24) is 0 Å². The lowest BCUT2D eigenvalue weighted by Gasteiger charge is -2.03. The molecule has 0 bridgehead atoms. The highest BCUT2D eigenvalue weighted by molar-refractivity contribution is 7.81. The summed E-state index contributed by atoms with van der Waals surface area (Å²) in [7, 11) is 0. The van der Waals surface area contributed by atoms with E-state index in [4.69, 9.17) is 28.2 Å². The van der Waals surface area contributed by atoms with Crippen molar-refractivity contribution in [2.24, 2.45) is 0 Å². The quantitative estimate of drug-likeness (QED) is 0.657. The van der Waals surface area contributed by atoms with E-state index in [0.29, 0.717) is 10.0 Å². The van der Waals surface area contributed by atoms with Crippen LogP contribution in [0.4, 0.5) is 5.69 Å². The highest BCUT2D eigenvalue weighted by atomic mass is 35.5. The Bertz CT molecular complexity index is 517. The molecule has 1 aromatic heterocycles. The van der Waals surface area contributed by atoms with Crippen molar-refractivity contribution < 1.29 is 4.42 Å². The van der Waals surface area contributed by atoms with Gasteiger partial charge in [0.1, 0.15) is 10.7 Å². The molecule has 2 rings (SSSR count). The Morgan fingerprint density at radius 3 is 2.65 bits per heavy atom. The monoisotopic (exact) mass is 263 g/mol. The maximum atomic E-state index is 5.79. The van der Waals surface area contributed by atoms with E-state index < -0.39 is 0 Å². The SMILES string of the molecule is S=C(/C=C/c1ccco1)Nc1ccc(Cl)cc1. The molecule has 1 N–H and O–H groups in total. The molecule has 0 atom stereocenters. The van der Waals surface area contributed by atoms with Crippen LogP contribution in [-0.2, 0) is 0 Å². The first-order valence-corrected chi connectivity index (χ1v) is 5.81. The Balaban J connectivity index is 1.95. The maximum Gasteiger partial charge on any atom is 0.126 e. The first-order chi connectivity index (χ1) is 8.24. The van der Waals surface area contributed by atoms with Crippen molar-refractivity contribution in [3.63, 3.8) is 0 Å². The molecule has 0 spiro atoms. The average Bonchev–Trinajstić information content (AvgIpc) is 2.83. The molecule has 4 heteroatoms. The van der Waals surface area contributed by atoms with Gasteiger partial charge in [-0.1, -0.05) is 23.8 Å². The summed E-state index contributed by atoms with van der Waals surface area (Å²) in [4.78, 5) is 0.615. The van der Waals surface area contributed by atoms with Crippen LogP contribution in [-0.4, -0.2) is 4.99 Å². The van der Waals surface area contributed by atoms with E-state index in [1.54, 1.807) is 12.3 Å². The van der Waals surface area contributed by atoms with Crippen LogP contribution in [0.2, 0.25) is 5.02 Å². The maximum absolute atomic E-state index is 5.79. The van der Waals surface area contributed by atoms with Crippen LogP contribution in [0.15, 0.2) is 53.2 Å². The normalized spacial score (nSPS) is 10.6. The minimum absolute atomic E-state index is 0.615. The third kappa shape index (κ3) is 3.73. The van der Waals surface area contributed by atoms with E-state index in [1.165, 1.54) is 0 Å². The summed E-state index contributed by atoms with van der Waals surface area (Å²) < 4.78 is 5.16. The predicted octanol–water partition coefficient (Wildman–Crippen LogP) is 4.39. The Morgan fingerprint density at radius 2 is 2.00 bits per heavy atom. The summed E-state index contributed by atoms with van der Waals surface area (Å²) in [5.41, 5.74) is 0.906. The lowest BCUT2D eigenvalue weighted by atomic mass is 10.3. The van der Waals surface area contributed by atoms with Crippen molar-refractivity contribution in [2.45, 2.75) is 0 Å².